The van der Waals surface area contributed by atoms with Crippen molar-refractivity contribution < 1.29 is 9.90 Å². The van der Waals surface area contributed by atoms with E-state index in [2.05, 4.69) is 11.8 Å². The molecule has 0 aromatic carbocycles. The highest BCUT2D eigenvalue weighted by Crippen LogP contribution is 2.50. The molecular formula is C12H20O2S. The predicted octanol–water partition coefficient (Wildman–Crippen LogP) is 3.31. The molecule has 1 saturated heterocycles. The van der Waals surface area contributed by atoms with E-state index in [1.165, 1.54) is 38.5 Å². The third-order valence-electron chi connectivity index (χ3n) is 3.76. The van der Waals surface area contributed by atoms with Gasteiger partial charge in [-0.3, -0.25) is 4.79 Å². The maximum absolute atomic E-state index is 10.7. The molecule has 1 aliphatic heterocycles. The first kappa shape index (κ1) is 11.3. The molecule has 1 spiro atoms. The maximum Gasteiger partial charge on any atom is 0.303 e. The first-order valence-corrected chi connectivity index (χ1v) is 7.05. The Morgan fingerprint density at radius 2 is 1.93 bits per heavy atom. The zero-order valence-electron chi connectivity index (χ0n) is 9.21. The van der Waals surface area contributed by atoms with Gasteiger partial charge in [-0.05, 0) is 30.9 Å². The molecule has 15 heavy (non-hydrogen) atoms. The minimum absolute atomic E-state index is 0.384. The summed E-state index contributed by atoms with van der Waals surface area (Å²) < 4.78 is 0.469. The zero-order valence-corrected chi connectivity index (χ0v) is 10.0. The molecule has 0 bridgehead atoms. The highest BCUT2D eigenvalue weighted by atomic mass is 32.2. The van der Waals surface area contributed by atoms with Gasteiger partial charge < -0.3 is 5.11 Å². The molecule has 1 saturated carbocycles. The van der Waals surface area contributed by atoms with Crippen molar-refractivity contribution in [3.63, 3.8) is 0 Å². The third-order valence-corrected chi connectivity index (χ3v) is 5.59. The molecule has 0 aromatic heterocycles. The first-order valence-electron chi connectivity index (χ1n) is 6.06. The number of carboxylic acid groups (broad SMARTS) is 1. The van der Waals surface area contributed by atoms with Crippen LogP contribution < -0.4 is 0 Å². The molecule has 2 aliphatic rings. The smallest absolute Gasteiger partial charge is 0.303 e. The van der Waals surface area contributed by atoms with Crippen LogP contribution in [0.15, 0.2) is 0 Å². The molecule has 3 heteroatoms. The monoisotopic (exact) mass is 228 g/mol. The zero-order chi connectivity index (χ0) is 10.7. The summed E-state index contributed by atoms with van der Waals surface area (Å²) in [4.78, 5) is 10.7. The number of thioether (sulfide) groups is 1. The van der Waals surface area contributed by atoms with E-state index < -0.39 is 5.97 Å². The SMILES string of the molecule is O=C(O)CC1CSC2(CCCCCC2)C1. The Bertz CT molecular complexity index is 232. The number of hydrogen-bond donors (Lipinski definition) is 1. The molecule has 1 aliphatic carbocycles. The molecule has 1 N–H and O–H groups in total. The molecule has 2 fully saturated rings. The van der Waals surface area contributed by atoms with E-state index in [1.807, 2.05) is 0 Å². The maximum atomic E-state index is 10.7. The van der Waals surface area contributed by atoms with Crippen molar-refractivity contribution in [1.82, 2.24) is 0 Å². The van der Waals surface area contributed by atoms with Crippen LogP contribution in [0.5, 0.6) is 0 Å². The van der Waals surface area contributed by atoms with Gasteiger partial charge in [-0.25, -0.2) is 0 Å². The Balaban J connectivity index is 1.91. The van der Waals surface area contributed by atoms with E-state index in [-0.39, 0.29) is 0 Å². The van der Waals surface area contributed by atoms with E-state index in [0.717, 1.165) is 12.2 Å². The van der Waals surface area contributed by atoms with Gasteiger partial charge in [0, 0.05) is 11.2 Å². The van der Waals surface area contributed by atoms with Crippen LogP contribution >= 0.6 is 11.8 Å². The van der Waals surface area contributed by atoms with Gasteiger partial charge in [0.05, 0.1) is 0 Å². The number of carboxylic acids is 1. The second-order valence-corrected chi connectivity index (χ2v) is 6.56. The summed E-state index contributed by atoms with van der Waals surface area (Å²) in [6, 6.07) is 0. The second kappa shape index (κ2) is 4.77. The van der Waals surface area contributed by atoms with Crippen LogP contribution in [-0.4, -0.2) is 21.6 Å². The topological polar surface area (TPSA) is 37.3 Å². The first-order chi connectivity index (χ1) is 7.20. The van der Waals surface area contributed by atoms with Gasteiger partial charge in [-0.1, -0.05) is 25.7 Å². The van der Waals surface area contributed by atoms with Crippen molar-refractivity contribution in [3.05, 3.63) is 0 Å². The molecule has 1 unspecified atom stereocenters. The lowest BCUT2D eigenvalue weighted by atomic mass is 9.88. The average Bonchev–Trinajstić information content (AvgIpc) is 2.42. The Kier molecular flexibility index (Phi) is 3.60. The van der Waals surface area contributed by atoms with E-state index in [4.69, 9.17) is 5.11 Å². The Hall–Kier alpha value is -0.180. The van der Waals surface area contributed by atoms with Gasteiger partial charge in [0.25, 0.3) is 0 Å². The molecule has 1 atom stereocenters. The van der Waals surface area contributed by atoms with Crippen LogP contribution in [0.4, 0.5) is 0 Å². The normalized spacial score (nSPS) is 30.3. The molecule has 0 amide bonds. The number of hydrogen-bond acceptors (Lipinski definition) is 2. The molecule has 0 aromatic rings. The highest BCUT2D eigenvalue weighted by molar-refractivity contribution is 8.00. The van der Waals surface area contributed by atoms with E-state index in [9.17, 15) is 4.79 Å². The highest BCUT2D eigenvalue weighted by Gasteiger charge is 2.40. The van der Waals surface area contributed by atoms with Crippen molar-refractivity contribution >= 4 is 17.7 Å². The Morgan fingerprint density at radius 1 is 1.27 bits per heavy atom. The number of rotatable bonds is 2. The van der Waals surface area contributed by atoms with Gasteiger partial charge in [0.15, 0.2) is 0 Å². The van der Waals surface area contributed by atoms with Crippen LogP contribution in [0, 0.1) is 5.92 Å². The summed E-state index contributed by atoms with van der Waals surface area (Å²) in [6.07, 6.45) is 9.66. The minimum atomic E-state index is -0.619. The summed E-state index contributed by atoms with van der Waals surface area (Å²) in [6.45, 7) is 0. The number of carbonyl (C=O) groups is 1. The minimum Gasteiger partial charge on any atom is -0.481 e. The predicted molar refractivity (Wildman–Crippen MR) is 63.3 cm³/mol. The van der Waals surface area contributed by atoms with Crippen molar-refractivity contribution in [1.29, 1.82) is 0 Å². The molecule has 86 valence electrons. The quantitative estimate of drug-likeness (QED) is 0.788. The van der Waals surface area contributed by atoms with Crippen LogP contribution in [0.1, 0.15) is 51.4 Å². The second-order valence-electron chi connectivity index (χ2n) is 5.08. The van der Waals surface area contributed by atoms with Crippen molar-refractivity contribution in [2.45, 2.75) is 56.1 Å². The van der Waals surface area contributed by atoms with Crippen molar-refractivity contribution in [2.75, 3.05) is 5.75 Å². The molecule has 1 heterocycles. The largest absolute Gasteiger partial charge is 0.481 e. The Labute approximate surface area is 95.8 Å². The fourth-order valence-corrected chi connectivity index (χ4v) is 4.79. The summed E-state index contributed by atoms with van der Waals surface area (Å²) in [7, 11) is 0. The standard InChI is InChI=1S/C12H20O2S/c13-11(14)7-10-8-12(15-9-10)5-3-1-2-4-6-12/h10H,1-9H2,(H,13,14). The van der Waals surface area contributed by atoms with Crippen LogP contribution in [0.2, 0.25) is 0 Å². The summed E-state index contributed by atoms with van der Waals surface area (Å²) >= 11 is 2.07. The van der Waals surface area contributed by atoms with Crippen LogP contribution in [0.3, 0.4) is 0 Å². The molecular weight excluding hydrogens is 208 g/mol. The van der Waals surface area contributed by atoms with Crippen LogP contribution in [-0.2, 0) is 4.79 Å². The van der Waals surface area contributed by atoms with Crippen LogP contribution in [0.25, 0.3) is 0 Å². The van der Waals surface area contributed by atoms with Gasteiger partial charge in [0.1, 0.15) is 0 Å². The lowest BCUT2D eigenvalue weighted by molar-refractivity contribution is -0.137. The summed E-state index contributed by atoms with van der Waals surface area (Å²) in [5.74, 6) is 0.892. The average molecular weight is 228 g/mol. The summed E-state index contributed by atoms with van der Waals surface area (Å²) in [5, 5.41) is 8.81. The lowest BCUT2D eigenvalue weighted by Gasteiger charge is -2.26. The van der Waals surface area contributed by atoms with Gasteiger partial charge in [0.2, 0.25) is 0 Å². The van der Waals surface area contributed by atoms with E-state index in [0.29, 0.717) is 17.1 Å². The van der Waals surface area contributed by atoms with E-state index >= 15 is 0 Å². The molecule has 0 radical (unpaired) electrons. The van der Waals surface area contributed by atoms with Crippen molar-refractivity contribution in [2.24, 2.45) is 5.92 Å². The molecule has 2 nitrogen and oxygen atoms in total. The van der Waals surface area contributed by atoms with Gasteiger partial charge in [-0.2, -0.15) is 11.8 Å². The summed E-state index contributed by atoms with van der Waals surface area (Å²) in [5.41, 5.74) is 0. The fourth-order valence-electron chi connectivity index (χ4n) is 3.04. The van der Waals surface area contributed by atoms with Gasteiger partial charge in [-0.15, -0.1) is 0 Å². The Morgan fingerprint density at radius 3 is 2.53 bits per heavy atom. The third kappa shape index (κ3) is 2.90. The van der Waals surface area contributed by atoms with Gasteiger partial charge >= 0.3 is 5.97 Å². The lowest BCUT2D eigenvalue weighted by Crippen LogP contribution is -2.21. The fraction of sp³-hybridized carbons (Fsp3) is 0.917. The van der Waals surface area contributed by atoms with E-state index in [1.54, 1.807) is 0 Å². The molecule has 2 rings (SSSR count). The number of aliphatic carboxylic acids is 1. The van der Waals surface area contributed by atoms with Crippen molar-refractivity contribution in [3.8, 4) is 0 Å².